The molecule has 24 heavy (non-hydrogen) atoms. The van der Waals surface area contributed by atoms with Crippen molar-refractivity contribution >= 4 is 28.5 Å². The minimum atomic E-state index is -3.55. The van der Waals surface area contributed by atoms with Gasteiger partial charge in [-0.15, -0.1) is 0 Å². The second kappa shape index (κ2) is 7.09. The van der Waals surface area contributed by atoms with Crippen LogP contribution in [0.2, 0.25) is 0 Å². The fraction of sp³-hybridized carbons (Fsp3) is 0. The van der Waals surface area contributed by atoms with Crippen LogP contribution in [-0.4, -0.2) is 11.0 Å². The van der Waals surface area contributed by atoms with E-state index in [4.69, 9.17) is 16.7 Å². The van der Waals surface area contributed by atoms with E-state index in [0.717, 1.165) is 15.9 Å². The largest absolute Gasteiger partial charge is 0.412 e. The fourth-order valence-corrected chi connectivity index (χ4v) is 6.37. The van der Waals surface area contributed by atoms with E-state index < -0.39 is 6.90 Å². The van der Waals surface area contributed by atoms with Crippen molar-refractivity contribution in [1.29, 1.82) is 0 Å². The van der Waals surface area contributed by atoms with Gasteiger partial charge in [-0.1, -0.05) is 0 Å². The van der Waals surface area contributed by atoms with Crippen LogP contribution in [0.25, 0.3) is 0 Å². The molecule has 5 nitrogen and oxygen atoms in total. The summed E-state index contributed by atoms with van der Waals surface area (Å²) in [5.41, 5.74) is 20.9. The molecule has 0 radical (unpaired) electrons. The quantitative estimate of drug-likeness (QED) is 0.461. The number of hydrogen-bond donors (Lipinski definition) is 3. The van der Waals surface area contributed by atoms with Gasteiger partial charge in [0.15, 0.2) is 0 Å². The summed E-state index contributed by atoms with van der Waals surface area (Å²) in [6, 6.07) is 27.3. The number of nitrogens with two attached hydrogens (primary N) is 3. The smallest absolute Gasteiger partial charge is 0.412 e. The van der Waals surface area contributed by atoms with Crippen LogP contribution < -0.4 is 32.7 Å². The van der Waals surface area contributed by atoms with Crippen LogP contribution in [-0.2, 0) is 0 Å². The standard InChI is InChI=1S/C18H20N3P.2H2O/c19-17-13-7-8-14-18(17)22(20,21,15-9-3-1-4-10-15)16-11-5-2-6-12-16;;/h1-14H,19-21H2;2*1H2. The van der Waals surface area contributed by atoms with E-state index in [1.165, 1.54) is 0 Å². The van der Waals surface area contributed by atoms with Crippen molar-refractivity contribution in [3.05, 3.63) is 84.9 Å². The molecule has 3 aromatic carbocycles. The zero-order valence-electron chi connectivity index (χ0n) is 13.3. The van der Waals surface area contributed by atoms with Gasteiger partial charge in [0, 0.05) is 0 Å². The van der Waals surface area contributed by atoms with Crippen molar-refractivity contribution in [2.45, 2.75) is 0 Å². The number of nitrogen functional groups attached to an aromatic ring is 1. The van der Waals surface area contributed by atoms with E-state index >= 15 is 0 Å². The van der Waals surface area contributed by atoms with Crippen LogP contribution in [0.3, 0.4) is 0 Å². The average Bonchev–Trinajstić information content (AvgIpc) is 2.57. The van der Waals surface area contributed by atoms with Gasteiger partial charge in [-0.2, -0.15) is 0 Å². The van der Waals surface area contributed by atoms with Gasteiger partial charge < -0.3 is 11.0 Å². The third-order valence-electron chi connectivity index (χ3n) is 4.08. The molecule has 0 heterocycles. The second-order valence-electron chi connectivity index (χ2n) is 5.49. The summed E-state index contributed by atoms with van der Waals surface area (Å²) in [5, 5.41) is 2.64. The SMILES string of the molecule is Nc1ccccc1P(N)(N)(c1ccccc1)c1ccccc1.O.O. The Morgan fingerprint density at radius 1 is 0.542 bits per heavy atom. The van der Waals surface area contributed by atoms with Crippen molar-refractivity contribution in [2.24, 2.45) is 11.0 Å². The fourth-order valence-electron chi connectivity index (χ4n) is 2.85. The summed E-state index contributed by atoms with van der Waals surface area (Å²) in [7, 11) is 0. The first-order valence-corrected chi connectivity index (χ1v) is 9.50. The minimum Gasteiger partial charge on any atom is -0.412 e. The predicted molar refractivity (Wildman–Crippen MR) is 105 cm³/mol. The maximum Gasteiger partial charge on any atom is -0.412 e. The van der Waals surface area contributed by atoms with Crippen LogP contribution in [0, 0.1) is 0 Å². The Balaban J connectivity index is 0.00000144. The molecule has 10 N–H and O–H groups in total. The molecular weight excluding hydrogens is 321 g/mol. The first kappa shape index (κ1) is 19.8. The maximum atomic E-state index is 7.03. The van der Waals surface area contributed by atoms with E-state index in [1.54, 1.807) is 0 Å². The molecule has 0 aliphatic rings. The van der Waals surface area contributed by atoms with Gasteiger partial charge in [0.1, 0.15) is 0 Å². The first-order valence-electron chi connectivity index (χ1n) is 7.12. The topological polar surface area (TPSA) is 141 Å². The van der Waals surface area contributed by atoms with Gasteiger partial charge in [0.05, 0.1) is 0 Å². The van der Waals surface area contributed by atoms with Gasteiger partial charge >= 0.3 is 130 Å². The summed E-state index contributed by atoms with van der Waals surface area (Å²) >= 11 is 0. The molecule has 0 amide bonds. The molecule has 0 bridgehead atoms. The molecular formula is C18H24N3O2P. The molecule has 0 aromatic heterocycles. The molecule has 0 aliphatic heterocycles. The van der Waals surface area contributed by atoms with Crippen molar-refractivity contribution in [1.82, 2.24) is 0 Å². The average molecular weight is 345 g/mol. The van der Waals surface area contributed by atoms with E-state index in [9.17, 15) is 0 Å². The second-order valence-corrected chi connectivity index (χ2v) is 9.52. The third-order valence-corrected chi connectivity index (χ3v) is 8.35. The number of anilines is 1. The Kier molecular flexibility index (Phi) is 5.84. The molecule has 3 rings (SSSR count). The zero-order chi connectivity index (χ0) is 15.7. The Morgan fingerprint density at radius 2 is 0.917 bits per heavy atom. The zero-order valence-corrected chi connectivity index (χ0v) is 14.2. The van der Waals surface area contributed by atoms with Crippen molar-refractivity contribution in [2.75, 3.05) is 5.73 Å². The van der Waals surface area contributed by atoms with Gasteiger partial charge in [0.25, 0.3) is 0 Å². The van der Waals surface area contributed by atoms with Crippen LogP contribution in [0.1, 0.15) is 0 Å². The van der Waals surface area contributed by atoms with Gasteiger partial charge in [-0.3, -0.25) is 0 Å². The molecule has 0 saturated carbocycles. The van der Waals surface area contributed by atoms with E-state index in [1.807, 2.05) is 84.9 Å². The minimum absolute atomic E-state index is 0. The molecule has 0 spiro atoms. The summed E-state index contributed by atoms with van der Waals surface area (Å²) < 4.78 is 0. The Hall–Kier alpha value is -2.27. The van der Waals surface area contributed by atoms with E-state index in [2.05, 4.69) is 0 Å². The Labute approximate surface area is 141 Å². The molecule has 0 unspecified atom stereocenters. The van der Waals surface area contributed by atoms with Gasteiger partial charge in [-0.05, 0) is 0 Å². The molecule has 3 aromatic rings. The number of hydrogen-bond acceptors (Lipinski definition) is 3. The molecule has 6 heteroatoms. The predicted octanol–water partition coefficient (Wildman–Crippen LogP) is 0.196. The molecule has 128 valence electrons. The van der Waals surface area contributed by atoms with E-state index in [0.29, 0.717) is 5.69 Å². The first-order chi connectivity index (χ1) is 10.5. The van der Waals surface area contributed by atoms with Gasteiger partial charge in [-0.25, -0.2) is 0 Å². The number of para-hydroxylation sites is 1. The summed E-state index contributed by atoms with van der Waals surface area (Å²) in [5.74, 6) is 0. The summed E-state index contributed by atoms with van der Waals surface area (Å²) in [6.07, 6.45) is 0. The molecule has 0 saturated heterocycles. The van der Waals surface area contributed by atoms with Crippen LogP contribution in [0.5, 0.6) is 0 Å². The summed E-state index contributed by atoms with van der Waals surface area (Å²) in [4.78, 5) is 0. The van der Waals surface area contributed by atoms with Crippen molar-refractivity contribution in [3.63, 3.8) is 0 Å². The van der Waals surface area contributed by atoms with Crippen LogP contribution in [0.15, 0.2) is 84.9 Å². The summed E-state index contributed by atoms with van der Waals surface area (Å²) in [6.45, 7) is -3.55. The number of rotatable bonds is 3. The normalized spacial score (nSPS) is 12.2. The Bertz CT molecular complexity index is 752. The van der Waals surface area contributed by atoms with Crippen molar-refractivity contribution in [3.8, 4) is 0 Å². The van der Waals surface area contributed by atoms with Crippen LogP contribution >= 0.6 is 6.90 Å². The third kappa shape index (κ3) is 2.91. The Morgan fingerprint density at radius 3 is 1.33 bits per heavy atom. The van der Waals surface area contributed by atoms with Crippen molar-refractivity contribution < 1.29 is 11.0 Å². The molecule has 0 atom stereocenters. The van der Waals surface area contributed by atoms with E-state index in [-0.39, 0.29) is 11.0 Å². The maximum absolute atomic E-state index is 7.03. The van der Waals surface area contributed by atoms with Crippen LogP contribution in [0.4, 0.5) is 5.69 Å². The monoisotopic (exact) mass is 345 g/mol. The van der Waals surface area contributed by atoms with Gasteiger partial charge in [0.2, 0.25) is 0 Å². The molecule has 0 fully saturated rings. The number of benzene rings is 3. The molecule has 0 aliphatic carbocycles.